The van der Waals surface area contributed by atoms with E-state index in [2.05, 4.69) is 68.6 Å². The number of rotatable bonds is 3. The van der Waals surface area contributed by atoms with E-state index in [1.165, 1.54) is 16.7 Å². The summed E-state index contributed by atoms with van der Waals surface area (Å²) in [6.07, 6.45) is 1.14. The van der Waals surface area contributed by atoms with Gasteiger partial charge in [0.25, 0.3) is 0 Å². The fraction of sp³-hybridized carbons (Fsp3) is 0.368. The van der Waals surface area contributed by atoms with Gasteiger partial charge in [-0.2, -0.15) is 0 Å². The molecule has 0 spiro atoms. The van der Waals surface area contributed by atoms with Crippen molar-refractivity contribution in [1.29, 1.82) is 0 Å². The van der Waals surface area contributed by atoms with E-state index in [9.17, 15) is 0 Å². The molecule has 1 N–H and O–H groups in total. The monoisotopic (exact) mass is 281 g/mol. The second kappa shape index (κ2) is 5.80. The third kappa shape index (κ3) is 3.21. The summed E-state index contributed by atoms with van der Waals surface area (Å²) >= 11 is 0. The van der Waals surface area contributed by atoms with Crippen molar-refractivity contribution in [2.45, 2.75) is 39.2 Å². The van der Waals surface area contributed by atoms with Crippen LogP contribution in [0.25, 0.3) is 0 Å². The molecule has 0 amide bonds. The van der Waals surface area contributed by atoms with E-state index in [4.69, 9.17) is 4.74 Å². The van der Waals surface area contributed by atoms with E-state index in [1.54, 1.807) is 0 Å². The fourth-order valence-electron chi connectivity index (χ4n) is 2.73. The SMILES string of the molecule is Cc1ccc2c(c1)OC(Cc1ccc(C(C)C)cc1)CN2. The molecule has 0 radical (unpaired) electrons. The van der Waals surface area contributed by atoms with Crippen LogP contribution in [-0.4, -0.2) is 12.6 Å². The molecule has 0 saturated heterocycles. The summed E-state index contributed by atoms with van der Waals surface area (Å²) in [6, 6.07) is 15.2. The van der Waals surface area contributed by atoms with Crippen molar-refractivity contribution in [2.75, 3.05) is 11.9 Å². The highest BCUT2D eigenvalue weighted by Gasteiger charge is 2.19. The molecule has 1 aliphatic heterocycles. The van der Waals surface area contributed by atoms with E-state index in [0.717, 1.165) is 24.4 Å². The van der Waals surface area contributed by atoms with Crippen LogP contribution in [0, 0.1) is 6.92 Å². The van der Waals surface area contributed by atoms with Crippen LogP contribution in [0.5, 0.6) is 5.75 Å². The number of nitrogens with one attached hydrogen (secondary N) is 1. The van der Waals surface area contributed by atoms with E-state index in [-0.39, 0.29) is 6.10 Å². The highest BCUT2D eigenvalue weighted by atomic mass is 16.5. The van der Waals surface area contributed by atoms with Crippen LogP contribution in [0.3, 0.4) is 0 Å². The van der Waals surface area contributed by atoms with Crippen LogP contribution in [0.2, 0.25) is 0 Å². The van der Waals surface area contributed by atoms with Gasteiger partial charge in [-0.15, -0.1) is 0 Å². The molecule has 2 heteroatoms. The first-order chi connectivity index (χ1) is 10.1. The Balaban J connectivity index is 1.69. The van der Waals surface area contributed by atoms with Gasteiger partial charge in [0, 0.05) is 6.42 Å². The zero-order valence-corrected chi connectivity index (χ0v) is 13.0. The molecule has 0 aromatic heterocycles. The minimum Gasteiger partial charge on any atom is -0.486 e. The van der Waals surface area contributed by atoms with Crippen molar-refractivity contribution in [3.05, 3.63) is 59.2 Å². The minimum atomic E-state index is 0.198. The van der Waals surface area contributed by atoms with Gasteiger partial charge in [0.2, 0.25) is 0 Å². The molecule has 1 unspecified atom stereocenters. The van der Waals surface area contributed by atoms with Gasteiger partial charge in [-0.3, -0.25) is 0 Å². The first-order valence-corrected chi connectivity index (χ1v) is 7.72. The number of anilines is 1. The van der Waals surface area contributed by atoms with Crippen molar-refractivity contribution in [2.24, 2.45) is 0 Å². The third-order valence-electron chi connectivity index (χ3n) is 4.06. The number of hydrogen-bond donors (Lipinski definition) is 1. The molecule has 2 aromatic rings. The molecule has 0 fully saturated rings. The quantitative estimate of drug-likeness (QED) is 0.892. The maximum atomic E-state index is 6.13. The van der Waals surface area contributed by atoms with Crippen molar-refractivity contribution in [3.8, 4) is 5.75 Å². The van der Waals surface area contributed by atoms with Crippen molar-refractivity contribution < 1.29 is 4.74 Å². The lowest BCUT2D eigenvalue weighted by molar-refractivity contribution is 0.206. The van der Waals surface area contributed by atoms with Crippen LogP contribution in [0.4, 0.5) is 5.69 Å². The topological polar surface area (TPSA) is 21.3 Å². The van der Waals surface area contributed by atoms with E-state index in [0.29, 0.717) is 5.92 Å². The molecule has 1 heterocycles. The van der Waals surface area contributed by atoms with Gasteiger partial charge >= 0.3 is 0 Å². The summed E-state index contributed by atoms with van der Waals surface area (Å²) in [6.45, 7) is 7.41. The van der Waals surface area contributed by atoms with Crippen LogP contribution < -0.4 is 10.1 Å². The van der Waals surface area contributed by atoms with Crippen molar-refractivity contribution >= 4 is 5.69 Å². The molecule has 1 aliphatic rings. The van der Waals surface area contributed by atoms with Gasteiger partial charge in [0.05, 0.1) is 12.2 Å². The molecule has 0 saturated carbocycles. The minimum absolute atomic E-state index is 0.198. The molecular formula is C19H23NO. The average molecular weight is 281 g/mol. The van der Waals surface area contributed by atoms with Gasteiger partial charge in [0.1, 0.15) is 11.9 Å². The summed E-state index contributed by atoms with van der Waals surface area (Å²) in [5, 5.41) is 3.46. The smallest absolute Gasteiger partial charge is 0.143 e. The Morgan fingerprint density at radius 3 is 2.62 bits per heavy atom. The Kier molecular flexibility index (Phi) is 3.87. The van der Waals surface area contributed by atoms with Crippen LogP contribution in [-0.2, 0) is 6.42 Å². The van der Waals surface area contributed by atoms with Gasteiger partial charge in [-0.1, -0.05) is 44.2 Å². The Morgan fingerprint density at radius 2 is 1.90 bits per heavy atom. The lowest BCUT2D eigenvalue weighted by atomic mass is 9.99. The summed E-state index contributed by atoms with van der Waals surface area (Å²) in [5.41, 5.74) is 5.06. The maximum Gasteiger partial charge on any atom is 0.143 e. The summed E-state index contributed by atoms with van der Waals surface area (Å²) in [5.74, 6) is 1.56. The molecule has 0 bridgehead atoms. The predicted octanol–water partition coefficient (Wildman–Crippen LogP) is 4.53. The first-order valence-electron chi connectivity index (χ1n) is 7.72. The summed E-state index contributed by atoms with van der Waals surface area (Å²) in [7, 11) is 0. The van der Waals surface area contributed by atoms with E-state index >= 15 is 0 Å². The van der Waals surface area contributed by atoms with E-state index < -0.39 is 0 Å². The molecule has 2 nitrogen and oxygen atoms in total. The van der Waals surface area contributed by atoms with Gasteiger partial charge < -0.3 is 10.1 Å². The second-order valence-corrected chi connectivity index (χ2v) is 6.22. The normalized spacial score (nSPS) is 17.0. The van der Waals surface area contributed by atoms with Crippen LogP contribution in [0.15, 0.2) is 42.5 Å². The van der Waals surface area contributed by atoms with Gasteiger partial charge in [-0.05, 0) is 41.7 Å². The number of aryl methyl sites for hydroxylation is 1. The summed E-state index contributed by atoms with van der Waals surface area (Å²) < 4.78 is 6.13. The molecule has 2 aromatic carbocycles. The Hall–Kier alpha value is -1.96. The van der Waals surface area contributed by atoms with E-state index in [1.807, 2.05) is 0 Å². The second-order valence-electron chi connectivity index (χ2n) is 6.22. The number of fused-ring (bicyclic) bond motifs is 1. The molecule has 1 atom stereocenters. The highest BCUT2D eigenvalue weighted by Crippen LogP contribution is 2.30. The molecule has 3 rings (SSSR count). The fourth-order valence-corrected chi connectivity index (χ4v) is 2.73. The van der Waals surface area contributed by atoms with Gasteiger partial charge in [-0.25, -0.2) is 0 Å². The zero-order chi connectivity index (χ0) is 14.8. The Labute approximate surface area is 127 Å². The molecular weight excluding hydrogens is 258 g/mol. The standard InChI is InChI=1S/C19H23NO/c1-13(2)16-7-5-15(6-8-16)11-17-12-20-18-9-4-14(3)10-19(18)21-17/h4-10,13,17,20H,11-12H2,1-3H3. The molecule has 21 heavy (non-hydrogen) atoms. The van der Waals surface area contributed by atoms with Crippen molar-refractivity contribution in [3.63, 3.8) is 0 Å². The molecule has 110 valence electrons. The number of benzene rings is 2. The third-order valence-corrected chi connectivity index (χ3v) is 4.06. The average Bonchev–Trinajstić information content (AvgIpc) is 2.47. The van der Waals surface area contributed by atoms with Crippen LogP contribution >= 0.6 is 0 Å². The highest BCUT2D eigenvalue weighted by molar-refractivity contribution is 5.59. The van der Waals surface area contributed by atoms with Gasteiger partial charge in [0.15, 0.2) is 0 Å². The number of ether oxygens (including phenoxy) is 1. The van der Waals surface area contributed by atoms with Crippen molar-refractivity contribution in [1.82, 2.24) is 0 Å². The Bertz CT molecular complexity index is 616. The molecule has 0 aliphatic carbocycles. The lowest BCUT2D eigenvalue weighted by Crippen LogP contribution is -2.32. The number of hydrogen-bond acceptors (Lipinski definition) is 2. The largest absolute Gasteiger partial charge is 0.486 e. The maximum absolute atomic E-state index is 6.13. The first kappa shape index (κ1) is 14.0. The zero-order valence-electron chi connectivity index (χ0n) is 13.0. The van der Waals surface area contributed by atoms with Crippen LogP contribution in [0.1, 0.15) is 36.5 Å². The summed E-state index contributed by atoms with van der Waals surface area (Å²) in [4.78, 5) is 0. The lowest BCUT2D eigenvalue weighted by Gasteiger charge is -2.28. The Morgan fingerprint density at radius 1 is 1.14 bits per heavy atom. The predicted molar refractivity (Wildman–Crippen MR) is 88.3 cm³/mol.